The third kappa shape index (κ3) is 14.1. The second-order valence-corrected chi connectivity index (χ2v) is 9.73. The quantitative estimate of drug-likeness (QED) is 0.126. The van der Waals surface area contributed by atoms with Gasteiger partial charge < -0.3 is 30.6 Å². The maximum atomic E-state index is 11.2. The average Bonchev–Trinajstić information content (AvgIpc) is 2.80. The van der Waals surface area contributed by atoms with Crippen molar-refractivity contribution in [1.82, 2.24) is 0 Å². The Morgan fingerprint density at radius 1 is 0.531 bits per heavy atom. The smallest absolute Gasteiger partial charge is 0.111 e. The van der Waals surface area contributed by atoms with Crippen molar-refractivity contribution in [2.75, 3.05) is 6.61 Å². The molecule has 0 aromatic rings. The van der Waals surface area contributed by atoms with Crippen molar-refractivity contribution in [2.45, 2.75) is 159 Å². The SMILES string of the molecule is CCCCCCCCCCC(O)(CCCCCCCCCC)[C@@H](O)[C@@H](O)[C@H](O)[C@H](O)CO. The molecular weight excluding hydrogens is 408 g/mol. The van der Waals surface area contributed by atoms with Gasteiger partial charge >= 0.3 is 0 Å². The molecule has 0 aliphatic rings. The first-order valence-corrected chi connectivity index (χ1v) is 13.4. The van der Waals surface area contributed by atoms with Crippen molar-refractivity contribution in [1.29, 1.82) is 0 Å². The van der Waals surface area contributed by atoms with Crippen LogP contribution >= 0.6 is 0 Å². The Morgan fingerprint density at radius 2 is 0.875 bits per heavy atom. The zero-order valence-corrected chi connectivity index (χ0v) is 20.9. The van der Waals surface area contributed by atoms with Crippen LogP contribution in [0.2, 0.25) is 0 Å². The lowest BCUT2D eigenvalue weighted by molar-refractivity contribution is -0.178. The van der Waals surface area contributed by atoms with E-state index in [4.69, 9.17) is 5.11 Å². The summed E-state index contributed by atoms with van der Waals surface area (Å²) < 4.78 is 0. The van der Waals surface area contributed by atoms with E-state index in [0.717, 1.165) is 38.5 Å². The van der Waals surface area contributed by atoms with Crippen LogP contribution in [0.25, 0.3) is 0 Å². The maximum absolute atomic E-state index is 11.2. The Labute approximate surface area is 197 Å². The average molecular weight is 463 g/mol. The van der Waals surface area contributed by atoms with Crippen molar-refractivity contribution in [2.24, 2.45) is 0 Å². The predicted molar refractivity (Wildman–Crippen MR) is 131 cm³/mol. The van der Waals surface area contributed by atoms with Gasteiger partial charge in [0.15, 0.2) is 0 Å². The third-order valence-electron chi connectivity index (χ3n) is 6.73. The first-order valence-electron chi connectivity index (χ1n) is 13.4. The van der Waals surface area contributed by atoms with Crippen molar-refractivity contribution >= 4 is 0 Å². The van der Waals surface area contributed by atoms with E-state index in [2.05, 4.69) is 13.8 Å². The molecule has 0 unspecified atom stereocenters. The summed E-state index contributed by atoms with van der Waals surface area (Å²) in [5, 5.41) is 60.9. The zero-order chi connectivity index (χ0) is 24.2. The number of aliphatic hydroxyl groups excluding tert-OH is 5. The monoisotopic (exact) mass is 462 g/mol. The minimum Gasteiger partial charge on any atom is -0.394 e. The number of rotatable bonds is 23. The van der Waals surface area contributed by atoms with Gasteiger partial charge in [-0.1, -0.05) is 117 Å². The normalized spacial score (nSPS) is 16.1. The van der Waals surface area contributed by atoms with Gasteiger partial charge in [0.25, 0.3) is 0 Å². The van der Waals surface area contributed by atoms with Gasteiger partial charge in [-0.05, 0) is 12.8 Å². The van der Waals surface area contributed by atoms with Crippen LogP contribution in [0.15, 0.2) is 0 Å². The molecule has 0 aromatic carbocycles. The third-order valence-corrected chi connectivity index (χ3v) is 6.73. The first kappa shape index (κ1) is 31.8. The van der Waals surface area contributed by atoms with Gasteiger partial charge in [-0.2, -0.15) is 0 Å². The number of hydrogen-bond donors (Lipinski definition) is 6. The van der Waals surface area contributed by atoms with Crippen molar-refractivity contribution < 1.29 is 30.6 Å². The summed E-state index contributed by atoms with van der Waals surface area (Å²) >= 11 is 0. The highest BCUT2D eigenvalue weighted by molar-refractivity contribution is 4.94. The molecular formula is C26H54O6. The molecule has 0 aliphatic carbocycles. The standard InChI is InChI=1S/C26H54O6/c1-3-5-7-9-11-13-15-17-19-26(32,20-18-16-14-12-10-8-6-4-2)25(31)24(30)23(29)22(28)21-27/h22-25,27-32H,3-21H2,1-2H3/t22-,23-,24+,25+/m1/s1. The van der Waals surface area contributed by atoms with Crippen LogP contribution in [0, 0.1) is 0 Å². The van der Waals surface area contributed by atoms with Gasteiger partial charge in [0.1, 0.15) is 24.4 Å². The second-order valence-electron chi connectivity index (χ2n) is 9.73. The lowest BCUT2D eigenvalue weighted by atomic mass is 9.81. The summed E-state index contributed by atoms with van der Waals surface area (Å²) in [6.45, 7) is 3.67. The minimum atomic E-state index is -1.72. The Balaban J connectivity index is 4.61. The topological polar surface area (TPSA) is 121 Å². The fourth-order valence-electron chi connectivity index (χ4n) is 4.39. The van der Waals surface area contributed by atoms with Crippen LogP contribution in [-0.4, -0.2) is 67.3 Å². The predicted octanol–water partition coefficient (Wildman–Crippen LogP) is 4.22. The highest BCUT2D eigenvalue weighted by atomic mass is 16.4. The fraction of sp³-hybridized carbons (Fsp3) is 1.00. The largest absolute Gasteiger partial charge is 0.394 e. The number of unbranched alkanes of at least 4 members (excludes halogenated alkanes) is 14. The van der Waals surface area contributed by atoms with E-state index in [-0.39, 0.29) is 0 Å². The van der Waals surface area contributed by atoms with E-state index >= 15 is 0 Å². The van der Waals surface area contributed by atoms with Crippen molar-refractivity contribution in [3.05, 3.63) is 0 Å². The molecule has 0 radical (unpaired) electrons. The molecule has 4 atom stereocenters. The summed E-state index contributed by atoms with van der Waals surface area (Å²) in [6.07, 6.45) is 12.0. The number of hydrogen-bond acceptors (Lipinski definition) is 6. The van der Waals surface area contributed by atoms with Gasteiger partial charge in [-0.25, -0.2) is 0 Å². The molecule has 0 saturated heterocycles. The lowest BCUT2D eigenvalue weighted by Crippen LogP contribution is -2.56. The van der Waals surface area contributed by atoms with E-state index in [1.54, 1.807) is 0 Å². The zero-order valence-electron chi connectivity index (χ0n) is 20.9. The van der Waals surface area contributed by atoms with Crippen molar-refractivity contribution in [3.63, 3.8) is 0 Å². The van der Waals surface area contributed by atoms with Crippen molar-refractivity contribution in [3.8, 4) is 0 Å². The highest BCUT2D eigenvalue weighted by Crippen LogP contribution is 2.30. The molecule has 0 amide bonds. The maximum Gasteiger partial charge on any atom is 0.111 e. The summed E-state index contributed by atoms with van der Waals surface area (Å²) in [5.74, 6) is 0. The molecule has 6 heteroatoms. The molecule has 194 valence electrons. The summed E-state index contributed by atoms with van der Waals surface area (Å²) in [6, 6.07) is 0. The van der Waals surface area contributed by atoms with Gasteiger partial charge in [0.05, 0.1) is 12.2 Å². The lowest BCUT2D eigenvalue weighted by Gasteiger charge is -2.38. The number of aliphatic hydroxyl groups is 6. The molecule has 0 heterocycles. The van der Waals surface area contributed by atoms with Gasteiger partial charge in [-0.3, -0.25) is 0 Å². The fourth-order valence-corrected chi connectivity index (χ4v) is 4.39. The Morgan fingerprint density at radius 3 is 1.22 bits per heavy atom. The van der Waals surface area contributed by atoms with Crippen LogP contribution in [0.5, 0.6) is 0 Å². The molecule has 0 aliphatic heterocycles. The van der Waals surface area contributed by atoms with Crippen LogP contribution < -0.4 is 0 Å². The van der Waals surface area contributed by atoms with E-state index in [1.165, 1.54) is 64.2 Å². The summed E-state index contributed by atoms with van der Waals surface area (Å²) in [4.78, 5) is 0. The van der Waals surface area contributed by atoms with Gasteiger partial charge in [0.2, 0.25) is 0 Å². The molecule has 0 aromatic heterocycles. The molecule has 0 bridgehead atoms. The van der Waals surface area contributed by atoms with Crippen LogP contribution in [0.3, 0.4) is 0 Å². The summed E-state index contributed by atoms with van der Waals surface area (Å²) in [7, 11) is 0. The van der Waals surface area contributed by atoms with Crippen LogP contribution in [-0.2, 0) is 0 Å². The molecule has 6 N–H and O–H groups in total. The highest BCUT2D eigenvalue weighted by Gasteiger charge is 2.43. The summed E-state index contributed by atoms with van der Waals surface area (Å²) in [5.41, 5.74) is -1.51. The Kier molecular flexibility index (Phi) is 20.0. The Bertz CT molecular complexity index is 386. The van der Waals surface area contributed by atoms with Gasteiger partial charge in [0, 0.05) is 0 Å². The Hall–Kier alpha value is -0.240. The van der Waals surface area contributed by atoms with E-state index < -0.39 is 36.6 Å². The molecule has 0 spiro atoms. The minimum absolute atomic E-state index is 0.346. The molecule has 32 heavy (non-hydrogen) atoms. The second kappa shape index (κ2) is 20.2. The first-order chi connectivity index (χ1) is 15.3. The van der Waals surface area contributed by atoms with E-state index in [9.17, 15) is 25.5 Å². The molecule has 0 rings (SSSR count). The van der Waals surface area contributed by atoms with E-state index in [1.807, 2.05) is 0 Å². The van der Waals surface area contributed by atoms with Crippen LogP contribution in [0.4, 0.5) is 0 Å². The van der Waals surface area contributed by atoms with Crippen LogP contribution in [0.1, 0.15) is 129 Å². The molecule has 6 nitrogen and oxygen atoms in total. The van der Waals surface area contributed by atoms with E-state index in [0.29, 0.717) is 12.8 Å². The van der Waals surface area contributed by atoms with Gasteiger partial charge in [-0.15, -0.1) is 0 Å². The molecule has 0 saturated carbocycles. The molecule has 0 fully saturated rings.